The van der Waals surface area contributed by atoms with Crippen molar-refractivity contribution in [2.75, 3.05) is 18.9 Å². The lowest BCUT2D eigenvalue weighted by molar-refractivity contribution is -0.116. The lowest BCUT2D eigenvalue weighted by atomic mass is 10.1. The maximum absolute atomic E-state index is 12.6. The number of likely N-dealkylation sites (N-methyl/N-ethyl adjacent to an activating group) is 1. The predicted molar refractivity (Wildman–Crippen MR) is 122 cm³/mol. The Morgan fingerprint density at radius 3 is 2.40 bits per heavy atom. The zero-order chi connectivity index (χ0) is 21.5. The number of hydrogen-bond donors (Lipinski definition) is 2. The van der Waals surface area contributed by atoms with Gasteiger partial charge in [-0.05, 0) is 57.2 Å². The molecule has 0 aliphatic carbocycles. The van der Waals surface area contributed by atoms with Crippen molar-refractivity contribution in [2.24, 2.45) is 0 Å². The van der Waals surface area contributed by atoms with Crippen molar-refractivity contribution in [1.29, 1.82) is 0 Å². The zero-order valence-corrected chi connectivity index (χ0v) is 18.6. The number of rotatable bonds is 7. The molecule has 3 aromatic rings. The van der Waals surface area contributed by atoms with Crippen LogP contribution in [-0.2, 0) is 11.3 Å². The minimum absolute atomic E-state index is 0.0706. The van der Waals surface area contributed by atoms with Gasteiger partial charge in [-0.15, -0.1) is 11.3 Å². The van der Waals surface area contributed by atoms with Gasteiger partial charge in [-0.3, -0.25) is 14.4 Å². The molecule has 8 heteroatoms. The molecular formula is C22H20BrN3O3S. The van der Waals surface area contributed by atoms with Gasteiger partial charge in [-0.25, -0.2) is 0 Å². The van der Waals surface area contributed by atoms with E-state index in [1.54, 1.807) is 43.4 Å². The number of hydrogen-bond acceptors (Lipinski definition) is 4. The molecule has 154 valence electrons. The number of thiophene rings is 1. The lowest BCUT2D eigenvalue weighted by Gasteiger charge is -2.17. The first-order valence-electron chi connectivity index (χ1n) is 9.14. The minimum Gasteiger partial charge on any atom is -0.347 e. The van der Waals surface area contributed by atoms with Gasteiger partial charge in [0, 0.05) is 23.6 Å². The Morgan fingerprint density at radius 2 is 1.73 bits per heavy atom. The summed E-state index contributed by atoms with van der Waals surface area (Å²) in [6.07, 6.45) is 0. The van der Waals surface area contributed by atoms with Crippen LogP contribution in [0.15, 0.2) is 70.5 Å². The molecular weight excluding hydrogens is 466 g/mol. The summed E-state index contributed by atoms with van der Waals surface area (Å²) in [4.78, 5) is 38.9. The molecule has 0 aliphatic rings. The summed E-state index contributed by atoms with van der Waals surface area (Å²) in [5.74, 6) is -0.668. The number of para-hydroxylation sites is 1. The highest BCUT2D eigenvalue weighted by molar-refractivity contribution is 9.10. The van der Waals surface area contributed by atoms with Crippen molar-refractivity contribution in [2.45, 2.75) is 6.54 Å². The molecule has 6 nitrogen and oxygen atoms in total. The van der Waals surface area contributed by atoms with Crippen LogP contribution in [0, 0.1) is 0 Å². The lowest BCUT2D eigenvalue weighted by Crippen LogP contribution is -2.35. The summed E-state index contributed by atoms with van der Waals surface area (Å²) in [5, 5.41) is 7.47. The summed E-state index contributed by atoms with van der Waals surface area (Å²) in [7, 11) is 1.58. The monoisotopic (exact) mass is 485 g/mol. The molecule has 0 atom stereocenters. The molecule has 0 unspecified atom stereocenters. The summed E-state index contributed by atoms with van der Waals surface area (Å²) in [6, 6.07) is 17.8. The third-order valence-electron chi connectivity index (χ3n) is 4.27. The van der Waals surface area contributed by atoms with Gasteiger partial charge in [-0.2, -0.15) is 0 Å². The summed E-state index contributed by atoms with van der Waals surface area (Å²) in [5.41, 5.74) is 2.00. The highest BCUT2D eigenvalue weighted by Gasteiger charge is 2.16. The SMILES string of the molecule is CN(CC(=O)Nc1ccccc1Br)C(=O)c1ccc(CNC(=O)c2cccs2)cc1. The van der Waals surface area contributed by atoms with Crippen LogP contribution in [0.25, 0.3) is 0 Å². The number of anilines is 1. The number of nitrogens with one attached hydrogen (secondary N) is 2. The Balaban J connectivity index is 1.52. The quantitative estimate of drug-likeness (QED) is 0.527. The first kappa shape index (κ1) is 21.7. The number of benzene rings is 2. The fourth-order valence-corrected chi connectivity index (χ4v) is 3.73. The third-order valence-corrected chi connectivity index (χ3v) is 5.83. The van der Waals surface area contributed by atoms with E-state index in [2.05, 4.69) is 26.6 Å². The van der Waals surface area contributed by atoms with E-state index in [9.17, 15) is 14.4 Å². The second-order valence-electron chi connectivity index (χ2n) is 6.55. The number of amides is 3. The maximum atomic E-state index is 12.6. The molecule has 0 aliphatic heterocycles. The molecule has 0 spiro atoms. The fraction of sp³-hybridized carbons (Fsp3) is 0.136. The second-order valence-corrected chi connectivity index (χ2v) is 8.35. The van der Waals surface area contributed by atoms with Crippen LogP contribution in [0.4, 0.5) is 5.69 Å². The highest BCUT2D eigenvalue weighted by atomic mass is 79.9. The van der Waals surface area contributed by atoms with Crippen molar-refractivity contribution >= 4 is 50.7 Å². The molecule has 2 aromatic carbocycles. The van der Waals surface area contributed by atoms with Crippen LogP contribution >= 0.6 is 27.3 Å². The molecule has 0 radical (unpaired) electrons. The zero-order valence-electron chi connectivity index (χ0n) is 16.2. The Labute approximate surface area is 187 Å². The van der Waals surface area contributed by atoms with Crippen LogP contribution in [0.5, 0.6) is 0 Å². The highest BCUT2D eigenvalue weighted by Crippen LogP contribution is 2.21. The number of halogens is 1. The fourth-order valence-electron chi connectivity index (χ4n) is 2.70. The van der Waals surface area contributed by atoms with Gasteiger partial charge >= 0.3 is 0 Å². The van der Waals surface area contributed by atoms with E-state index >= 15 is 0 Å². The molecule has 0 saturated heterocycles. The van der Waals surface area contributed by atoms with Gasteiger partial charge in [0.2, 0.25) is 5.91 Å². The molecule has 3 rings (SSSR count). The molecule has 0 bridgehead atoms. The largest absolute Gasteiger partial charge is 0.347 e. The molecule has 30 heavy (non-hydrogen) atoms. The molecule has 3 amide bonds. The number of nitrogens with zero attached hydrogens (tertiary/aromatic N) is 1. The maximum Gasteiger partial charge on any atom is 0.261 e. The van der Waals surface area contributed by atoms with E-state index in [0.717, 1.165) is 10.0 Å². The first-order chi connectivity index (χ1) is 14.4. The second kappa shape index (κ2) is 10.2. The van der Waals surface area contributed by atoms with E-state index in [0.29, 0.717) is 22.7 Å². The molecule has 0 fully saturated rings. The number of carbonyl (C=O) groups excluding carboxylic acids is 3. The van der Waals surface area contributed by atoms with E-state index in [1.807, 2.05) is 29.6 Å². The Kier molecular flexibility index (Phi) is 7.37. The van der Waals surface area contributed by atoms with Crippen LogP contribution in [0.2, 0.25) is 0 Å². The van der Waals surface area contributed by atoms with Gasteiger partial charge in [0.05, 0.1) is 17.1 Å². The minimum atomic E-state index is -0.286. The van der Waals surface area contributed by atoms with Gasteiger partial charge in [0.1, 0.15) is 0 Å². The standard InChI is InChI=1S/C22H20BrN3O3S/c1-26(14-20(27)25-18-6-3-2-5-17(18)23)22(29)16-10-8-15(9-11-16)13-24-21(28)19-7-4-12-30-19/h2-12H,13-14H2,1H3,(H,24,28)(H,25,27). The van der Waals surface area contributed by atoms with Gasteiger partial charge in [0.15, 0.2) is 0 Å². The van der Waals surface area contributed by atoms with E-state index in [1.165, 1.54) is 16.2 Å². The summed E-state index contributed by atoms with van der Waals surface area (Å²) >= 11 is 4.76. The van der Waals surface area contributed by atoms with E-state index in [-0.39, 0.29) is 24.3 Å². The summed E-state index contributed by atoms with van der Waals surface area (Å²) in [6.45, 7) is 0.300. The van der Waals surface area contributed by atoms with Gasteiger partial charge < -0.3 is 15.5 Å². The van der Waals surface area contributed by atoms with Crippen LogP contribution in [0.3, 0.4) is 0 Å². The Bertz CT molecular complexity index is 1040. The van der Waals surface area contributed by atoms with Gasteiger partial charge in [-0.1, -0.05) is 30.3 Å². The predicted octanol–water partition coefficient (Wildman–Crippen LogP) is 4.15. The summed E-state index contributed by atoms with van der Waals surface area (Å²) < 4.78 is 0.772. The van der Waals surface area contributed by atoms with Crippen LogP contribution < -0.4 is 10.6 Å². The Hall–Kier alpha value is -2.97. The Morgan fingerprint density at radius 1 is 1.00 bits per heavy atom. The van der Waals surface area contributed by atoms with Crippen LogP contribution in [-0.4, -0.2) is 36.2 Å². The molecule has 0 saturated carbocycles. The normalized spacial score (nSPS) is 10.3. The van der Waals surface area contributed by atoms with E-state index in [4.69, 9.17) is 0 Å². The van der Waals surface area contributed by atoms with Crippen molar-refractivity contribution in [3.63, 3.8) is 0 Å². The van der Waals surface area contributed by atoms with Crippen LogP contribution in [0.1, 0.15) is 25.6 Å². The average Bonchev–Trinajstić information content (AvgIpc) is 3.28. The smallest absolute Gasteiger partial charge is 0.261 e. The third kappa shape index (κ3) is 5.77. The van der Waals surface area contributed by atoms with E-state index < -0.39 is 0 Å². The van der Waals surface area contributed by atoms with Crippen molar-refractivity contribution < 1.29 is 14.4 Å². The van der Waals surface area contributed by atoms with Crippen molar-refractivity contribution in [1.82, 2.24) is 10.2 Å². The molecule has 1 heterocycles. The topological polar surface area (TPSA) is 78.5 Å². The van der Waals surface area contributed by atoms with Crippen molar-refractivity contribution in [3.05, 3.63) is 86.5 Å². The van der Waals surface area contributed by atoms with Gasteiger partial charge in [0.25, 0.3) is 11.8 Å². The molecule has 2 N–H and O–H groups in total. The average molecular weight is 486 g/mol. The molecule has 1 aromatic heterocycles. The first-order valence-corrected chi connectivity index (χ1v) is 10.8. The number of carbonyl (C=O) groups is 3. The van der Waals surface area contributed by atoms with Crippen molar-refractivity contribution in [3.8, 4) is 0 Å².